The number of carbonyl (C=O) groups is 4. The van der Waals surface area contributed by atoms with E-state index < -0.39 is 65.5 Å². The number of pyridine rings is 1. The Bertz CT molecular complexity index is 2340. The summed E-state index contributed by atoms with van der Waals surface area (Å²) in [6.07, 6.45) is -5.75. The van der Waals surface area contributed by atoms with E-state index in [1.807, 2.05) is 0 Å². The van der Waals surface area contributed by atoms with Gasteiger partial charge >= 0.3 is 18.4 Å². The molecular weight excluding hydrogens is 861 g/mol. The molecular formula is C40H45F6N11O5S. The zero-order valence-electron chi connectivity index (χ0n) is 34.6. The molecule has 3 saturated heterocycles. The Kier molecular flexibility index (Phi) is 12.7. The molecule has 1 aromatic carbocycles. The third-order valence-electron chi connectivity index (χ3n) is 12.0. The number of nitriles is 1. The van der Waals surface area contributed by atoms with Gasteiger partial charge in [-0.25, -0.2) is 9.78 Å². The molecule has 16 nitrogen and oxygen atoms in total. The van der Waals surface area contributed by atoms with Gasteiger partial charge in [-0.15, -0.1) is 0 Å². The normalized spacial score (nSPS) is 22.8. The number of fused-ring (bicyclic) bond motifs is 1. The maximum absolute atomic E-state index is 14.4. The second-order valence-corrected chi connectivity index (χ2v) is 16.9. The highest BCUT2D eigenvalue weighted by Gasteiger charge is 2.53. The van der Waals surface area contributed by atoms with Crippen molar-refractivity contribution in [3.63, 3.8) is 0 Å². The van der Waals surface area contributed by atoms with Crippen molar-refractivity contribution in [3.8, 4) is 6.07 Å². The van der Waals surface area contributed by atoms with E-state index in [0.717, 1.165) is 16.0 Å². The number of urea groups is 1. The third kappa shape index (κ3) is 9.30. The van der Waals surface area contributed by atoms with Gasteiger partial charge in [0, 0.05) is 64.2 Å². The van der Waals surface area contributed by atoms with Crippen LogP contribution in [0.1, 0.15) is 63.6 Å². The van der Waals surface area contributed by atoms with E-state index in [2.05, 4.69) is 20.7 Å². The van der Waals surface area contributed by atoms with Crippen molar-refractivity contribution in [2.24, 2.45) is 7.05 Å². The molecule has 1 aliphatic carbocycles. The molecule has 5 heterocycles. The molecule has 1 saturated carbocycles. The molecule has 23 heteroatoms. The monoisotopic (exact) mass is 905 g/mol. The molecule has 2 N–H and O–H groups in total. The first-order valence-corrected chi connectivity index (χ1v) is 20.8. The van der Waals surface area contributed by atoms with Gasteiger partial charge in [-0.05, 0) is 76.4 Å². The van der Waals surface area contributed by atoms with Gasteiger partial charge in [-0.3, -0.25) is 39.1 Å². The van der Waals surface area contributed by atoms with Crippen LogP contribution < -0.4 is 20.4 Å². The molecule has 2 aromatic heterocycles. The lowest BCUT2D eigenvalue weighted by Gasteiger charge is -2.42. The Labute approximate surface area is 363 Å². The van der Waals surface area contributed by atoms with Gasteiger partial charge in [0.25, 0.3) is 5.91 Å². The van der Waals surface area contributed by atoms with Crippen LogP contribution in [0, 0.1) is 11.3 Å². The Balaban J connectivity index is 0.886. The van der Waals surface area contributed by atoms with Crippen LogP contribution in [-0.2, 0) is 32.3 Å². The number of alkyl halides is 6. The lowest BCUT2D eigenvalue weighted by molar-refractivity contribution is -0.197. The number of hydrogen-bond acceptors (Lipinski definition) is 11. The number of carbonyl (C=O) groups excluding carboxylic acids is 4. The summed E-state index contributed by atoms with van der Waals surface area (Å²) >= 11 is 5.66. The van der Waals surface area contributed by atoms with E-state index >= 15 is 0 Å². The smallest absolute Gasteiger partial charge is 0.378 e. The highest BCUT2D eigenvalue weighted by molar-refractivity contribution is 7.80. The number of thiocarbonyl (C=S) groups is 1. The second kappa shape index (κ2) is 17.6. The fourth-order valence-corrected chi connectivity index (χ4v) is 9.44. The molecule has 63 heavy (non-hydrogen) atoms. The summed E-state index contributed by atoms with van der Waals surface area (Å²) in [6.45, 7) is 3.48. The number of amides is 5. The number of piperazine rings is 1. The van der Waals surface area contributed by atoms with E-state index in [-0.39, 0.29) is 54.8 Å². The van der Waals surface area contributed by atoms with Crippen LogP contribution in [0.2, 0.25) is 0 Å². The van der Waals surface area contributed by atoms with Crippen molar-refractivity contribution >= 4 is 69.2 Å². The van der Waals surface area contributed by atoms with Crippen molar-refractivity contribution in [1.29, 1.82) is 5.26 Å². The number of nitrogens with zero attached hydrogens (tertiary/aromatic N) is 9. The van der Waals surface area contributed by atoms with E-state index in [1.165, 1.54) is 15.7 Å². The molecule has 3 aromatic rings. The molecule has 0 spiro atoms. The number of nitrogens with one attached hydrogen (secondary N) is 2. The Morgan fingerprint density at radius 3 is 2.48 bits per heavy atom. The minimum Gasteiger partial charge on any atom is -0.378 e. The summed E-state index contributed by atoms with van der Waals surface area (Å²) in [6, 6.07) is 4.31. The number of rotatable bonds is 11. The quantitative estimate of drug-likeness (QED) is 0.151. The van der Waals surface area contributed by atoms with E-state index in [1.54, 1.807) is 48.9 Å². The molecule has 1 atom stereocenters. The summed E-state index contributed by atoms with van der Waals surface area (Å²) in [4.78, 5) is 61.6. The first kappa shape index (κ1) is 45.6. The molecule has 3 aliphatic heterocycles. The van der Waals surface area contributed by atoms with Crippen molar-refractivity contribution in [2.75, 3.05) is 61.0 Å². The summed E-state index contributed by atoms with van der Waals surface area (Å²) in [5.74, 6) is -1.31. The van der Waals surface area contributed by atoms with Crippen molar-refractivity contribution in [2.45, 2.75) is 88.5 Å². The molecule has 1 unspecified atom stereocenters. The van der Waals surface area contributed by atoms with Gasteiger partial charge in [0.2, 0.25) is 11.8 Å². The van der Waals surface area contributed by atoms with Gasteiger partial charge in [-0.2, -0.15) is 36.7 Å². The van der Waals surface area contributed by atoms with Crippen molar-refractivity contribution in [1.82, 2.24) is 34.8 Å². The number of para-hydroxylation sites is 1. The number of hydrogen-bond donors (Lipinski definition) is 2. The van der Waals surface area contributed by atoms with Crippen LogP contribution in [0.5, 0.6) is 0 Å². The summed E-state index contributed by atoms with van der Waals surface area (Å²) in [5.41, 5.74) is -2.69. The fraction of sp³-hybridized carbons (Fsp3) is 0.550. The number of benzene rings is 1. The van der Waals surface area contributed by atoms with Gasteiger partial charge in [0.1, 0.15) is 17.6 Å². The summed E-state index contributed by atoms with van der Waals surface area (Å²) in [5, 5.41) is 19.1. The van der Waals surface area contributed by atoms with E-state index in [4.69, 9.17) is 22.2 Å². The van der Waals surface area contributed by atoms with Crippen LogP contribution in [0.4, 0.5) is 48.3 Å². The summed E-state index contributed by atoms with van der Waals surface area (Å²) in [7, 11) is 1.61. The van der Waals surface area contributed by atoms with E-state index in [0.29, 0.717) is 74.5 Å². The molecule has 0 bridgehead atoms. The largest absolute Gasteiger partial charge is 0.419 e. The van der Waals surface area contributed by atoms with Crippen LogP contribution in [0.3, 0.4) is 0 Å². The van der Waals surface area contributed by atoms with Crippen LogP contribution >= 0.6 is 12.2 Å². The second-order valence-electron chi connectivity index (χ2n) is 16.5. The fourth-order valence-electron chi connectivity index (χ4n) is 8.88. The van der Waals surface area contributed by atoms with Crippen LogP contribution in [-0.4, -0.2) is 134 Å². The Morgan fingerprint density at radius 2 is 1.81 bits per heavy atom. The van der Waals surface area contributed by atoms with Gasteiger partial charge < -0.3 is 19.9 Å². The standard InChI is InChI=1S/C40H45F6N11O5S/c1-38(2)35(60)56(24-18-27(39(41,42)43)29(19-47)48-20-24)37(63)57(38)23-8-10-25(11-9-23)62-17-5-13-53-15-16-54(30(21-53)40(44,45)46)22-32(59)49-28-7-4-6-26-33(28)52(3)51-34(26)55-14-12-31(58)50-36(55)61/h4,6-7,18,20,23,25,30H,5,8-17,21-22H2,1-3H3,(H,49,59)(H,50,58,61). The average molecular weight is 906 g/mol. The van der Waals surface area contributed by atoms with Crippen molar-refractivity contribution < 1.29 is 50.3 Å². The van der Waals surface area contributed by atoms with E-state index in [9.17, 15) is 45.5 Å². The molecule has 338 valence electrons. The Morgan fingerprint density at radius 1 is 1.08 bits per heavy atom. The topological polar surface area (TPSA) is 172 Å². The van der Waals surface area contributed by atoms with Gasteiger partial charge in [0.05, 0.1) is 41.3 Å². The van der Waals surface area contributed by atoms with Gasteiger partial charge in [-0.1, -0.05) is 6.07 Å². The number of halogens is 6. The number of ether oxygens (including phenoxy) is 1. The van der Waals surface area contributed by atoms with Crippen LogP contribution in [0.15, 0.2) is 30.5 Å². The number of aromatic nitrogens is 3. The highest BCUT2D eigenvalue weighted by Crippen LogP contribution is 2.40. The molecule has 7 rings (SSSR count). The Hall–Kier alpha value is -5.44. The van der Waals surface area contributed by atoms with Crippen LogP contribution in [0.25, 0.3) is 10.9 Å². The maximum Gasteiger partial charge on any atom is 0.419 e. The average Bonchev–Trinajstić information content (AvgIpc) is 3.64. The first-order valence-electron chi connectivity index (χ1n) is 20.4. The number of imide groups is 1. The maximum atomic E-state index is 14.4. The molecule has 5 amide bonds. The SMILES string of the molecule is Cn1nc(N2CCC(=O)NC2=O)c2cccc(NC(=O)CN3CCN(CCCOC4CCC(N5C(=S)N(c6cnc(C#N)c(C(F)(F)F)c6)C(=O)C5(C)C)CC4)CC3C(F)(F)F)c21. The van der Waals surface area contributed by atoms with Crippen molar-refractivity contribution in [3.05, 3.63) is 41.7 Å². The minimum atomic E-state index is -4.87. The first-order chi connectivity index (χ1) is 29.7. The number of aryl methyl sites for hydroxylation is 1. The zero-order valence-corrected chi connectivity index (χ0v) is 35.4. The lowest BCUT2D eigenvalue weighted by Crippen LogP contribution is -2.60. The predicted octanol–water partition coefficient (Wildman–Crippen LogP) is 4.92. The zero-order chi connectivity index (χ0) is 45.6. The van der Waals surface area contributed by atoms with Gasteiger partial charge in [0.15, 0.2) is 16.6 Å². The predicted molar refractivity (Wildman–Crippen MR) is 219 cm³/mol. The summed E-state index contributed by atoms with van der Waals surface area (Å²) < 4.78 is 91.9. The molecule has 4 fully saturated rings. The highest BCUT2D eigenvalue weighted by atomic mass is 32.1. The lowest BCUT2D eigenvalue weighted by atomic mass is 9.89. The minimum absolute atomic E-state index is 0.00879. The third-order valence-corrected chi connectivity index (χ3v) is 12.4. The molecule has 4 aliphatic rings. The molecule has 0 radical (unpaired) electrons. The number of anilines is 3.